The Morgan fingerprint density at radius 3 is 2.06 bits per heavy atom. The second kappa shape index (κ2) is 5.93. The number of hydrogen-bond acceptors (Lipinski definition) is 2. The molecule has 0 aliphatic rings. The van der Waals surface area contributed by atoms with Crippen molar-refractivity contribution >= 4 is 58.6 Å². The molecule has 2 aromatic rings. The monoisotopic (exact) mass is 224 g/mol. The fourth-order valence-electron chi connectivity index (χ4n) is 1.42. The van der Waals surface area contributed by atoms with E-state index >= 15 is 0 Å². The summed E-state index contributed by atoms with van der Waals surface area (Å²) in [6, 6.07) is 11.8. The molecule has 0 saturated heterocycles. The summed E-state index contributed by atoms with van der Waals surface area (Å²) < 4.78 is 31.0. The van der Waals surface area contributed by atoms with Crippen LogP contribution in [0.25, 0.3) is 10.8 Å². The van der Waals surface area contributed by atoms with Crippen molar-refractivity contribution in [2.45, 2.75) is 4.90 Å². The molecule has 0 unspecified atom stereocenters. The van der Waals surface area contributed by atoms with Crippen LogP contribution in [0, 0.1) is 0 Å². The molecule has 0 radical (unpaired) electrons. The van der Waals surface area contributed by atoms with Crippen molar-refractivity contribution in [3.8, 4) is 0 Å². The van der Waals surface area contributed by atoms with E-state index in [1.165, 1.54) is 6.07 Å². The van der Waals surface area contributed by atoms with Crippen molar-refractivity contribution in [1.29, 1.82) is 0 Å². The normalized spacial score (nSPS) is 10.3. The van der Waals surface area contributed by atoms with E-state index in [0.29, 0.717) is 5.39 Å². The summed E-state index contributed by atoms with van der Waals surface area (Å²) in [5, 5.41) is 1.33. The minimum absolute atomic E-state index is 0. The number of hydrogen-bond donors (Lipinski definition) is 1. The third-order valence-electron chi connectivity index (χ3n) is 2.03. The Labute approximate surface area is 118 Å². The molecule has 0 aromatic heterocycles. The molecule has 0 aliphatic heterocycles. The van der Waals surface area contributed by atoms with Gasteiger partial charge in [-0.3, -0.25) is 4.55 Å². The van der Waals surface area contributed by atoms with Gasteiger partial charge in [0, 0.05) is 5.39 Å². The molecule has 6 heteroatoms. The third kappa shape index (κ3) is 3.15. The van der Waals surface area contributed by atoms with Crippen molar-refractivity contribution in [3.63, 3.8) is 0 Å². The maximum atomic E-state index is 11.0. The fraction of sp³-hybridized carbons (Fsp3) is 0. The van der Waals surface area contributed by atoms with Crippen molar-refractivity contribution in [2.24, 2.45) is 0 Å². The second-order valence-corrected chi connectivity index (χ2v) is 4.34. The van der Waals surface area contributed by atoms with Crippen molar-refractivity contribution in [2.75, 3.05) is 0 Å². The number of fused-ring (bicyclic) bond motifs is 1. The van der Waals surface area contributed by atoms with Gasteiger partial charge in [-0.1, -0.05) is 36.4 Å². The van der Waals surface area contributed by atoms with Crippen LogP contribution < -0.4 is 0 Å². The molecule has 0 spiro atoms. The molecule has 0 fully saturated rings. The topological polar surface area (TPSA) is 54.4 Å². The summed E-state index contributed by atoms with van der Waals surface area (Å²) in [4.78, 5) is -0.0457. The predicted molar refractivity (Wildman–Crippen MR) is 68.1 cm³/mol. The molecule has 0 heterocycles. The number of rotatable bonds is 1. The summed E-state index contributed by atoms with van der Waals surface area (Å²) in [6.07, 6.45) is 0. The van der Waals surface area contributed by atoms with Crippen LogP contribution in [0.5, 0.6) is 0 Å². The Balaban J connectivity index is 0.00000112. The van der Waals surface area contributed by atoms with E-state index in [2.05, 4.69) is 0 Å². The van der Waals surface area contributed by atoms with E-state index in [1.807, 2.05) is 6.07 Å². The molecule has 1 N–H and O–H groups in total. The molecular weight excluding hydrogens is 214 g/mol. The average Bonchev–Trinajstić information content (AvgIpc) is 2.15. The van der Waals surface area contributed by atoms with E-state index in [9.17, 15) is 8.42 Å². The van der Waals surface area contributed by atoms with Gasteiger partial charge in [-0.25, -0.2) is 0 Å². The van der Waals surface area contributed by atoms with Crippen LogP contribution >= 0.6 is 0 Å². The SMILES string of the molecule is O=S(=O)(O)c1cccc2ccccc12.[LiH].[LiH]. The van der Waals surface area contributed by atoms with Gasteiger partial charge >= 0.3 is 37.7 Å². The van der Waals surface area contributed by atoms with Gasteiger partial charge in [-0.15, -0.1) is 0 Å². The molecule has 16 heavy (non-hydrogen) atoms. The fourth-order valence-corrected chi connectivity index (χ4v) is 2.13. The molecule has 2 rings (SSSR count). The van der Waals surface area contributed by atoms with Gasteiger partial charge in [-0.05, 0) is 11.5 Å². The summed E-state index contributed by atoms with van der Waals surface area (Å²) in [5.41, 5.74) is 0. The standard InChI is InChI=1S/C10H8O3S.2Li.2H/c11-14(12,13)10-7-3-5-8-4-1-2-6-9(8)10;;;;/h1-7H,(H,11,12,13);;;;. The van der Waals surface area contributed by atoms with Gasteiger partial charge in [0.15, 0.2) is 0 Å². The molecular formula is C10H10Li2O3S. The van der Waals surface area contributed by atoms with Crippen LogP contribution in [-0.2, 0) is 10.1 Å². The van der Waals surface area contributed by atoms with E-state index in [1.54, 1.807) is 30.3 Å². The van der Waals surface area contributed by atoms with Gasteiger partial charge in [0.05, 0.1) is 0 Å². The summed E-state index contributed by atoms with van der Waals surface area (Å²) >= 11 is 0. The predicted octanol–water partition coefficient (Wildman–Crippen LogP) is 0.789. The molecule has 2 aromatic carbocycles. The Morgan fingerprint density at radius 2 is 1.44 bits per heavy atom. The molecule has 3 nitrogen and oxygen atoms in total. The quantitative estimate of drug-likeness (QED) is 0.575. The molecule has 76 valence electrons. The van der Waals surface area contributed by atoms with Crippen molar-refractivity contribution in [3.05, 3.63) is 42.5 Å². The van der Waals surface area contributed by atoms with Gasteiger partial charge in [0.1, 0.15) is 4.90 Å². The Morgan fingerprint density at radius 1 is 0.875 bits per heavy atom. The zero-order valence-corrected chi connectivity index (χ0v) is 8.03. The molecule has 0 amide bonds. The van der Waals surface area contributed by atoms with E-state index in [0.717, 1.165) is 5.39 Å². The summed E-state index contributed by atoms with van der Waals surface area (Å²) in [7, 11) is -4.13. The molecule has 0 saturated carbocycles. The Kier molecular flexibility index (Phi) is 5.86. The molecule has 0 atom stereocenters. The first-order chi connectivity index (χ1) is 6.59. The van der Waals surface area contributed by atoms with Crippen LogP contribution in [0.15, 0.2) is 47.4 Å². The van der Waals surface area contributed by atoms with Crippen LogP contribution in [-0.4, -0.2) is 50.7 Å². The van der Waals surface area contributed by atoms with Crippen LogP contribution in [0.2, 0.25) is 0 Å². The van der Waals surface area contributed by atoms with Crippen molar-refractivity contribution in [1.82, 2.24) is 0 Å². The average molecular weight is 224 g/mol. The third-order valence-corrected chi connectivity index (χ3v) is 2.94. The first-order valence-corrected chi connectivity index (χ1v) is 5.48. The molecule has 0 bridgehead atoms. The van der Waals surface area contributed by atoms with Crippen LogP contribution in [0.3, 0.4) is 0 Å². The van der Waals surface area contributed by atoms with Gasteiger partial charge < -0.3 is 0 Å². The second-order valence-electron chi connectivity index (χ2n) is 2.95. The van der Waals surface area contributed by atoms with E-state index < -0.39 is 10.1 Å². The van der Waals surface area contributed by atoms with Crippen LogP contribution in [0.1, 0.15) is 0 Å². The van der Waals surface area contributed by atoms with Gasteiger partial charge in [0.2, 0.25) is 0 Å². The number of benzene rings is 2. The zero-order chi connectivity index (χ0) is 10.2. The van der Waals surface area contributed by atoms with E-state index in [4.69, 9.17) is 4.55 Å². The Hall–Kier alpha value is -0.195. The summed E-state index contributed by atoms with van der Waals surface area (Å²) in [5.74, 6) is 0. The maximum absolute atomic E-state index is 11.0. The summed E-state index contributed by atoms with van der Waals surface area (Å²) in [6.45, 7) is 0. The minimum atomic E-state index is -4.13. The first kappa shape index (κ1) is 15.8. The van der Waals surface area contributed by atoms with E-state index in [-0.39, 0.29) is 42.6 Å². The zero-order valence-electron chi connectivity index (χ0n) is 7.21. The van der Waals surface area contributed by atoms with Crippen LogP contribution in [0.4, 0.5) is 0 Å². The van der Waals surface area contributed by atoms with Gasteiger partial charge in [-0.2, -0.15) is 8.42 Å². The molecule has 0 aliphatic carbocycles. The van der Waals surface area contributed by atoms with Gasteiger partial charge in [0.25, 0.3) is 10.1 Å². The Bertz CT molecular complexity index is 576. The van der Waals surface area contributed by atoms with Crippen molar-refractivity contribution < 1.29 is 13.0 Å². The first-order valence-electron chi connectivity index (χ1n) is 4.04.